The summed E-state index contributed by atoms with van der Waals surface area (Å²) in [6.07, 6.45) is 6.56. The molecule has 1 aliphatic heterocycles. The number of nitrogens with zero attached hydrogens (tertiary/aromatic N) is 5. The van der Waals surface area contributed by atoms with E-state index in [9.17, 15) is 16.3 Å². The molecule has 0 unspecified atom stereocenters. The molecule has 40 heavy (non-hydrogen) atoms. The van der Waals surface area contributed by atoms with E-state index in [-0.39, 0.29) is 15.6 Å². The summed E-state index contributed by atoms with van der Waals surface area (Å²) < 4.78 is 23.3. The third kappa shape index (κ3) is 5.04. The summed E-state index contributed by atoms with van der Waals surface area (Å²) in [4.78, 5) is 8.01. The lowest BCUT2D eigenvalue weighted by Crippen LogP contribution is -2.38. The van der Waals surface area contributed by atoms with Gasteiger partial charge in [-0.05, 0) is 48.7 Å². The summed E-state index contributed by atoms with van der Waals surface area (Å²) in [7, 11) is 0. The predicted octanol–water partition coefficient (Wildman–Crippen LogP) is 6.04. The molecule has 2 aromatic heterocycles. The monoisotopic (exact) mass is 572 g/mol. The number of halogens is 3. The summed E-state index contributed by atoms with van der Waals surface area (Å²) in [5.41, 5.74) is 9.39. The van der Waals surface area contributed by atoms with Crippen LogP contribution in [-0.4, -0.2) is 21.0 Å². The number of fused-ring (bicyclic) bond motifs is 1. The Balaban J connectivity index is 1.47. The Kier molecular flexibility index (Phi) is 6.42. The van der Waals surface area contributed by atoms with Crippen LogP contribution in [0.5, 0.6) is 0 Å². The van der Waals surface area contributed by atoms with E-state index >= 15 is 0 Å². The van der Waals surface area contributed by atoms with E-state index in [2.05, 4.69) is 43.7 Å². The Labute approximate surface area is 240 Å². The molecule has 1 fully saturated rings. The highest BCUT2D eigenvalue weighted by Crippen LogP contribution is 2.38. The van der Waals surface area contributed by atoms with Crippen molar-refractivity contribution in [2.75, 3.05) is 10.6 Å². The summed E-state index contributed by atoms with van der Waals surface area (Å²) in [5, 5.41) is 28.2. The van der Waals surface area contributed by atoms with Crippen LogP contribution in [-0.2, 0) is 0 Å². The van der Waals surface area contributed by atoms with E-state index in [4.69, 9.17) is 23.2 Å². The Morgan fingerprint density at radius 3 is 2.65 bits per heavy atom. The number of benzene rings is 2. The van der Waals surface area contributed by atoms with Gasteiger partial charge in [0.05, 0.1) is 63.4 Å². The van der Waals surface area contributed by atoms with Crippen LogP contribution in [0, 0.1) is 28.6 Å². The van der Waals surface area contributed by atoms with Crippen LogP contribution in [0.1, 0.15) is 36.9 Å². The van der Waals surface area contributed by atoms with Crippen molar-refractivity contribution in [3.63, 3.8) is 0 Å². The van der Waals surface area contributed by atoms with Gasteiger partial charge in [-0.3, -0.25) is 9.99 Å². The van der Waals surface area contributed by atoms with Gasteiger partial charge >= 0.3 is 0 Å². The molecule has 1 atom stereocenters. The molecule has 4 aromatic rings. The van der Waals surface area contributed by atoms with Gasteiger partial charge in [-0.2, -0.15) is 14.9 Å². The lowest BCUT2D eigenvalue weighted by atomic mass is 10.0. The number of nitrogens with one attached hydrogen (secondary N) is 4. The first-order valence-corrected chi connectivity index (χ1v) is 13.0. The Bertz CT molecular complexity index is 1820. The first-order chi connectivity index (χ1) is 19.8. The number of hydrogen-bond acceptors (Lipinski definition) is 9. The largest absolute Gasteiger partial charge is 0.373 e. The molecule has 1 aliphatic carbocycles. The molecule has 6 rings (SSSR count). The van der Waals surface area contributed by atoms with Crippen molar-refractivity contribution >= 4 is 51.2 Å². The first-order valence-electron chi connectivity index (χ1n) is 12.7. The van der Waals surface area contributed by atoms with Gasteiger partial charge in [0, 0.05) is 29.5 Å². The molecule has 2 aliphatic rings. The maximum absolute atomic E-state index is 13.7. The summed E-state index contributed by atoms with van der Waals surface area (Å²) in [5.74, 6) is -0.816. The first kappa shape index (κ1) is 24.4. The number of hydrazine groups is 2. The minimum absolute atomic E-state index is 0.183. The van der Waals surface area contributed by atoms with Gasteiger partial charge in [-0.15, -0.1) is 5.53 Å². The fourth-order valence-electron chi connectivity index (χ4n) is 4.37. The average molecular weight is 573 g/mol. The normalized spacial score (nSPS) is 16.3. The molecule has 0 amide bonds. The number of pyridine rings is 2. The van der Waals surface area contributed by atoms with E-state index in [0.717, 1.165) is 12.8 Å². The molecule has 198 valence electrons. The zero-order valence-electron chi connectivity index (χ0n) is 21.6. The predicted molar refractivity (Wildman–Crippen MR) is 151 cm³/mol. The van der Waals surface area contributed by atoms with Crippen molar-refractivity contribution in [1.82, 2.24) is 25.9 Å². The van der Waals surface area contributed by atoms with Crippen LogP contribution in [0.4, 0.5) is 21.5 Å². The highest BCUT2D eigenvalue weighted by molar-refractivity contribution is 6.36. The molecule has 0 radical (unpaired) electrons. The van der Waals surface area contributed by atoms with E-state index in [1.165, 1.54) is 18.5 Å². The van der Waals surface area contributed by atoms with Gasteiger partial charge in [0.15, 0.2) is 0 Å². The van der Waals surface area contributed by atoms with Crippen molar-refractivity contribution in [1.29, 1.82) is 10.5 Å². The maximum Gasteiger partial charge on any atom is 0.231 e. The highest BCUT2D eigenvalue weighted by Gasteiger charge is 2.32. The fraction of sp³-hybridized carbons (Fsp3) is 0.143. The van der Waals surface area contributed by atoms with E-state index < -0.39 is 12.0 Å². The summed E-state index contributed by atoms with van der Waals surface area (Å²) >= 11 is 12.6. The van der Waals surface area contributed by atoms with Crippen LogP contribution in [0.15, 0.2) is 66.8 Å². The Hall–Kier alpha value is -4.61. The zero-order chi connectivity index (χ0) is 28.7. The molecule has 0 saturated heterocycles. The van der Waals surface area contributed by atoms with Gasteiger partial charge in [-0.1, -0.05) is 35.3 Å². The number of anilines is 3. The van der Waals surface area contributed by atoms with Crippen molar-refractivity contribution < 1.29 is 5.76 Å². The smallest absolute Gasteiger partial charge is 0.231 e. The number of rotatable bonds is 7. The van der Waals surface area contributed by atoms with Crippen molar-refractivity contribution in [2.24, 2.45) is 0 Å². The lowest BCUT2D eigenvalue weighted by molar-refractivity contribution is 0.260. The average Bonchev–Trinajstić information content (AvgIpc) is 3.70. The summed E-state index contributed by atoms with van der Waals surface area (Å²) in [6.45, 7) is 0. The minimum atomic E-state index is -1.58. The third-order valence-corrected chi connectivity index (χ3v) is 7.01. The maximum atomic E-state index is 13.7. The second kappa shape index (κ2) is 10.5. The second-order valence-corrected chi connectivity index (χ2v) is 10.1. The van der Waals surface area contributed by atoms with Gasteiger partial charge in [0.25, 0.3) is 0 Å². The molecule has 9 nitrogen and oxygen atoms in total. The van der Waals surface area contributed by atoms with E-state index in [1.807, 2.05) is 11.2 Å². The molecule has 2 aromatic carbocycles. The third-order valence-electron chi connectivity index (χ3n) is 6.46. The molecule has 0 spiro atoms. The van der Waals surface area contributed by atoms with E-state index in [0.29, 0.717) is 50.8 Å². The van der Waals surface area contributed by atoms with Gasteiger partial charge < -0.3 is 16.1 Å². The molecule has 4 N–H and O–H groups in total. The topological polar surface area (TPSA) is 125 Å². The van der Waals surface area contributed by atoms with Crippen LogP contribution >= 0.6 is 23.2 Å². The highest BCUT2D eigenvalue weighted by atomic mass is 35.5. The SMILES string of the molecule is [2H][C@](Nc1cc(Cl)c2ncc(C#N)c(Nc3cnc(F)c(Cl)c3)c2c1)(C1=CN(C2CC2)NN1)c1cccc(C#N)c1. The molecular weight excluding hydrogens is 552 g/mol. The number of hydrogen-bond donors (Lipinski definition) is 4. The summed E-state index contributed by atoms with van der Waals surface area (Å²) in [6, 6.07) is 14.5. The van der Waals surface area contributed by atoms with Crippen LogP contribution in [0.2, 0.25) is 10.0 Å². The second-order valence-electron chi connectivity index (χ2n) is 9.25. The molecular formula is C28H20Cl2FN9. The van der Waals surface area contributed by atoms with Crippen molar-refractivity contribution in [3.05, 3.63) is 99.4 Å². The Morgan fingerprint density at radius 2 is 1.90 bits per heavy atom. The quantitative estimate of drug-likeness (QED) is 0.196. The van der Waals surface area contributed by atoms with Gasteiger partial charge in [0.2, 0.25) is 5.95 Å². The molecule has 12 heteroatoms. The minimum Gasteiger partial charge on any atom is -0.373 e. The number of nitriles is 2. The van der Waals surface area contributed by atoms with E-state index in [1.54, 1.807) is 36.4 Å². The van der Waals surface area contributed by atoms with Crippen LogP contribution in [0.3, 0.4) is 0 Å². The molecule has 1 saturated carbocycles. The Morgan fingerprint density at radius 1 is 1.07 bits per heavy atom. The van der Waals surface area contributed by atoms with Gasteiger partial charge in [-0.25, -0.2) is 4.98 Å². The van der Waals surface area contributed by atoms with Crippen LogP contribution in [0.25, 0.3) is 10.9 Å². The zero-order valence-corrected chi connectivity index (χ0v) is 22.1. The standard InChI is InChI=1S/C28H20Cl2FN9/c29-22-8-18(7-21-25(17(11-33)12-34-27(21)22)37-19-9-23(30)28(31)35-13-19)36-26(16-3-1-2-15(6-16)10-32)24-14-40(39-38-24)20-4-5-20/h1-3,6-9,12-14,20,26,36,38-39H,4-5H2,(H,34,37)/t26-/m1/s1/i26D. The lowest BCUT2D eigenvalue weighted by Gasteiger charge is -2.22. The van der Waals surface area contributed by atoms with Crippen LogP contribution < -0.4 is 21.6 Å². The van der Waals surface area contributed by atoms with Gasteiger partial charge in [0.1, 0.15) is 6.07 Å². The fourth-order valence-corrected chi connectivity index (χ4v) is 4.81. The van der Waals surface area contributed by atoms with Crippen molar-refractivity contribution in [2.45, 2.75) is 24.9 Å². The number of aromatic nitrogens is 2. The molecule has 0 bridgehead atoms. The molecule has 3 heterocycles. The van der Waals surface area contributed by atoms with Crippen molar-refractivity contribution in [3.8, 4) is 12.1 Å².